The highest BCUT2D eigenvalue weighted by molar-refractivity contribution is 5.85. The number of β-amino-alcohol motifs (C(OH)–C–C–N with tert-alkyl or cyclic N) is 1. The highest BCUT2D eigenvalue weighted by Gasteiger charge is 2.35. The lowest BCUT2D eigenvalue weighted by Gasteiger charge is -2.37. The molecule has 1 unspecified atom stereocenters. The van der Waals surface area contributed by atoms with Gasteiger partial charge in [-0.3, -0.25) is 4.79 Å². The number of carbonyl (C=O) groups is 1. The Labute approximate surface area is 154 Å². The molecule has 0 spiro atoms. The first-order chi connectivity index (χ1) is 11.5. The number of amides is 1. The number of methoxy groups -OCH3 is 2. The molecule has 3 rings (SSSR count). The van der Waals surface area contributed by atoms with Crippen LogP contribution in [-0.4, -0.2) is 49.3 Å². The fourth-order valence-electron chi connectivity index (χ4n) is 3.86. The molecule has 0 saturated carbocycles. The van der Waals surface area contributed by atoms with Gasteiger partial charge in [0.25, 0.3) is 0 Å². The van der Waals surface area contributed by atoms with Crippen molar-refractivity contribution in [1.82, 2.24) is 10.2 Å². The Kier molecular flexibility index (Phi) is 6.54. The number of aliphatic hydroxyl groups is 1. The molecule has 0 aliphatic carbocycles. The van der Waals surface area contributed by atoms with Gasteiger partial charge in [-0.15, -0.1) is 12.4 Å². The molecule has 0 bridgehead atoms. The van der Waals surface area contributed by atoms with E-state index in [1.807, 2.05) is 6.07 Å². The van der Waals surface area contributed by atoms with Gasteiger partial charge in [-0.1, -0.05) is 0 Å². The highest BCUT2D eigenvalue weighted by Crippen LogP contribution is 2.40. The Balaban J connectivity index is 0.00000225. The van der Waals surface area contributed by atoms with Crippen LogP contribution in [0.5, 0.6) is 11.5 Å². The van der Waals surface area contributed by atoms with Gasteiger partial charge >= 0.3 is 0 Å². The van der Waals surface area contributed by atoms with Gasteiger partial charge in [0.2, 0.25) is 5.91 Å². The molecule has 2 N–H and O–H groups in total. The van der Waals surface area contributed by atoms with Crippen molar-refractivity contribution in [2.24, 2.45) is 5.92 Å². The van der Waals surface area contributed by atoms with E-state index in [4.69, 9.17) is 9.47 Å². The van der Waals surface area contributed by atoms with E-state index in [1.165, 1.54) is 0 Å². The number of rotatable bonds is 3. The molecule has 2 aliphatic rings. The molecule has 1 saturated heterocycles. The van der Waals surface area contributed by atoms with Crippen LogP contribution >= 0.6 is 12.4 Å². The molecule has 140 valence electrons. The summed E-state index contributed by atoms with van der Waals surface area (Å²) in [6.45, 7) is 3.72. The number of nitrogens with zero attached hydrogens (tertiary/aromatic N) is 1. The van der Waals surface area contributed by atoms with Crippen LogP contribution < -0.4 is 14.8 Å². The largest absolute Gasteiger partial charge is 0.496 e. The van der Waals surface area contributed by atoms with Crippen LogP contribution in [0.4, 0.5) is 0 Å². The summed E-state index contributed by atoms with van der Waals surface area (Å²) >= 11 is 0. The molecular formula is C18H27ClN2O4. The predicted octanol–water partition coefficient (Wildman–Crippen LogP) is 1.89. The minimum atomic E-state index is -0.762. The minimum Gasteiger partial charge on any atom is -0.496 e. The lowest BCUT2D eigenvalue weighted by Crippen LogP contribution is -2.46. The topological polar surface area (TPSA) is 71.0 Å². The molecule has 25 heavy (non-hydrogen) atoms. The predicted molar refractivity (Wildman–Crippen MR) is 97.4 cm³/mol. The second-order valence-electron chi connectivity index (χ2n) is 6.67. The van der Waals surface area contributed by atoms with Crippen molar-refractivity contribution in [3.8, 4) is 11.5 Å². The number of halogens is 1. The van der Waals surface area contributed by atoms with Gasteiger partial charge in [0.05, 0.1) is 20.8 Å². The number of piperidine rings is 1. The summed E-state index contributed by atoms with van der Waals surface area (Å²) in [4.78, 5) is 14.7. The normalized spacial score (nSPS) is 25.6. The van der Waals surface area contributed by atoms with Crippen LogP contribution in [0.15, 0.2) is 12.1 Å². The second-order valence-corrected chi connectivity index (χ2v) is 6.67. The SMILES string of the molecule is COc1ccc(OC)c2c1CN(C(=O)[C@H]1CCN[C@@H](C)C1)CC2O.Cl. The standard InChI is InChI=1S/C18H26N2O4.ClH/c1-11-8-12(6-7-19-11)18(22)20-9-13-15(23-2)4-5-16(24-3)17(13)14(21)10-20;/h4-5,11-12,14,19,21H,6-10H2,1-3H3;1H/t11-,12-,14?;/m0./s1. The third-order valence-electron chi connectivity index (χ3n) is 5.07. The van der Waals surface area contributed by atoms with Crippen molar-refractivity contribution in [1.29, 1.82) is 0 Å². The second kappa shape index (κ2) is 8.25. The summed E-state index contributed by atoms with van der Waals surface area (Å²) in [6.07, 6.45) is 0.924. The van der Waals surface area contributed by atoms with E-state index in [2.05, 4.69) is 12.2 Å². The first-order valence-corrected chi connectivity index (χ1v) is 8.49. The number of nitrogens with one attached hydrogen (secondary N) is 1. The summed E-state index contributed by atoms with van der Waals surface area (Å²) in [5, 5.41) is 14.0. The maximum atomic E-state index is 12.9. The molecule has 0 aromatic heterocycles. The maximum absolute atomic E-state index is 12.9. The van der Waals surface area contributed by atoms with Crippen molar-refractivity contribution in [2.45, 2.75) is 38.5 Å². The number of carbonyl (C=O) groups excluding carboxylic acids is 1. The number of benzene rings is 1. The van der Waals surface area contributed by atoms with E-state index in [0.717, 1.165) is 30.5 Å². The fourth-order valence-corrected chi connectivity index (χ4v) is 3.86. The highest BCUT2D eigenvalue weighted by atomic mass is 35.5. The summed E-state index contributed by atoms with van der Waals surface area (Å²) in [6, 6.07) is 3.97. The summed E-state index contributed by atoms with van der Waals surface area (Å²) < 4.78 is 10.8. The van der Waals surface area contributed by atoms with E-state index in [0.29, 0.717) is 30.6 Å². The van der Waals surface area contributed by atoms with Crippen LogP contribution in [0.2, 0.25) is 0 Å². The summed E-state index contributed by atoms with van der Waals surface area (Å²) in [5.74, 6) is 1.46. The summed E-state index contributed by atoms with van der Waals surface area (Å²) in [5.41, 5.74) is 1.57. The van der Waals surface area contributed by atoms with Crippen molar-refractivity contribution >= 4 is 18.3 Å². The molecule has 0 radical (unpaired) electrons. The van der Waals surface area contributed by atoms with Crippen LogP contribution in [0.1, 0.15) is 37.0 Å². The molecular weight excluding hydrogens is 344 g/mol. The Morgan fingerprint density at radius 2 is 1.96 bits per heavy atom. The van der Waals surface area contributed by atoms with Crippen LogP contribution in [0, 0.1) is 5.92 Å². The average Bonchev–Trinajstić information content (AvgIpc) is 2.59. The van der Waals surface area contributed by atoms with Gasteiger partial charge in [-0.2, -0.15) is 0 Å². The lowest BCUT2D eigenvalue weighted by molar-refractivity contribution is -0.139. The van der Waals surface area contributed by atoms with E-state index in [1.54, 1.807) is 25.2 Å². The third-order valence-corrected chi connectivity index (χ3v) is 5.07. The monoisotopic (exact) mass is 370 g/mol. The quantitative estimate of drug-likeness (QED) is 0.850. The molecule has 2 aliphatic heterocycles. The summed E-state index contributed by atoms with van der Waals surface area (Å²) in [7, 11) is 3.19. The molecule has 1 amide bonds. The van der Waals surface area contributed by atoms with Crippen LogP contribution in [-0.2, 0) is 11.3 Å². The molecule has 7 heteroatoms. The minimum absolute atomic E-state index is 0. The Hall–Kier alpha value is -1.50. The zero-order valence-electron chi connectivity index (χ0n) is 14.9. The molecule has 2 heterocycles. The van der Waals surface area contributed by atoms with Crippen molar-refractivity contribution < 1.29 is 19.4 Å². The van der Waals surface area contributed by atoms with Crippen molar-refractivity contribution in [3.63, 3.8) is 0 Å². The number of ether oxygens (including phenoxy) is 2. The van der Waals surface area contributed by atoms with Gasteiger partial charge in [0.1, 0.15) is 17.6 Å². The van der Waals surface area contributed by atoms with Gasteiger partial charge in [0, 0.05) is 29.6 Å². The Bertz CT molecular complexity index is 625. The lowest BCUT2D eigenvalue weighted by atomic mass is 9.89. The van der Waals surface area contributed by atoms with Gasteiger partial charge in [-0.05, 0) is 38.4 Å². The molecule has 1 aromatic carbocycles. The number of hydrogen-bond acceptors (Lipinski definition) is 5. The van der Waals surface area contributed by atoms with Gasteiger partial charge < -0.3 is 24.8 Å². The number of aliphatic hydroxyl groups excluding tert-OH is 1. The molecule has 1 fully saturated rings. The maximum Gasteiger partial charge on any atom is 0.226 e. The molecule has 3 atom stereocenters. The van der Waals surface area contributed by atoms with Gasteiger partial charge in [-0.25, -0.2) is 0 Å². The van der Waals surface area contributed by atoms with Gasteiger partial charge in [0.15, 0.2) is 0 Å². The number of fused-ring (bicyclic) bond motifs is 1. The smallest absolute Gasteiger partial charge is 0.226 e. The molecule has 6 nitrogen and oxygen atoms in total. The van der Waals surface area contributed by atoms with E-state index in [9.17, 15) is 9.90 Å². The third kappa shape index (κ3) is 3.86. The number of hydrogen-bond donors (Lipinski definition) is 2. The van der Waals surface area contributed by atoms with Crippen LogP contribution in [0.25, 0.3) is 0 Å². The molecule has 1 aromatic rings. The van der Waals surface area contributed by atoms with E-state index < -0.39 is 6.10 Å². The average molecular weight is 371 g/mol. The Morgan fingerprint density at radius 3 is 2.60 bits per heavy atom. The first-order valence-electron chi connectivity index (χ1n) is 8.49. The zero-order valence-corrected chi connectivity index (χ0v) is 15.8. The van der Waals surface area contributed by atoms with Crippen molar-refractivity contribution in [2.75, 3.05) is 27.3 Å². The first kappa shape index (κ1) is 19.8. The fraction of sp³-hybridized carbons (Fsp3) is 0.611. The van der Waals surface area contributed by atoms with E-state index >= 15 is 0 Å². The Morgan fingerprint density at radius 1 is 1.28 bits per heavy atom. The zero-order chi connectivity index (χ0) is 17.3. The van der Waals surface area contributed by atoms with Crippen molar-refractivity contribution in [3.05, 3.63) is 23.3 Å². The van der Waals surface area contributed by atoms with E-state index in [-0.39, 0.29) is 24.2 Å². The van der Waals surface area contributed by atoms with Crippen LogP contribution in [0.3, 0.4) is 0 Å².